The van der Waals surface area contributed by atoms with Gasteiger partial charge in [0.2, 0.25) is 0 Å². The largest absolute Gasteiger partial charge is 0.494 e. The molecule has 0 aliphatic rings. The van der Waals surface area contributed by atoms with E-state index in [0.717, 1.165) is 5.52 Å². The first-order chi connectivity index (χ1) is 9.47. The number of halogens is 2. The maximum Gasteiger partial charge on any atom is 0.167 e. The number of hydrogen-bond acceptors (Lipinski definition) is 3. The third-order valence-electron chi connectivity index (χ3n) is 3.23. The summed E-state index contributed by atoms with van der Waals surface area (Å²) in [5.41, 5.74) is 1.25. The number of aromatic nitrogens is 2. The number of rotatable bonds is 5. The van der Waals surface area contributed by atoms with Crippen molar-refractivity contribution in [1.29, 1.82) is 0 Å². The van der Waals surface area contributed by atoms with E-state index in [0.29, 0.717) is 17.9 Å². The Balaban J connectivity index is 2.58. The van der Waals surface area contributed by atoms with Gasteiger partial charge >= 0.3 is 0 Å². The number of imidazole rings is 1. The standard InChI is InChI=1S/C13H16ClFN2O2S/c1-8(20(3)18)7-17-11-5-12(19-2)9(15)4-10(11)16-13(17)6-14/h4-5,8H,6-7H2,1-3H3. The fourth-order valence-corrected chi connectivity index (χ4v) is 2.56. The maximum atomic E-state index is 13.7. The lowest BCUT2D eigenvalue weighted by molar-refractivity contribution is 0.387. The zero-order valence-corrected chi connectivity index (χ0v) is 13.1. The Bertz CT molecular complexity index is 659. The van der Waals surface area contributed by atoms with Crippen molar-refractivity contribution in [1.82, 2.24) is 9.55 Å². The molecule has 0 bridgehead atoms. The molecule has 0 N–H and O–H groups in total. The summed E-state index contributed by atoms with van der Waals surface area (Å²) in [7, 11) is 0.457. The lowest BCUT2D eigenvalue weighted by Gasteiger charge is -2.13. The highest BCUT2D eigenvalue weighted by atomic mass is 35.5. The van der Waals surface area contributed by atoms with Crippen LogP contribution in [0.5, 0.6) is 5.75 Å². The van der Waals surface area contributed by atoms with Crippen LogP contribution in [0.1, 0.15) is 12.7 Å². The van der Waals surface area contributed by atoms with Gasteiger partial charge in [-0.25, -0.2) is 9.37 Å². The van der Waals surface area contributed by atoms with E-state index in [2.05, 4.69) is 4.98 Å². The number of methoxy groups -OCH3 is 1. The molecule has 0 aliphatic heterocycles. The zero-order valence-electron chi connectivity index (χ0n) is 11.5. The lowest BCUT2D eigenvalue weighted by atomic mass is 10.2. The predicted molar refractivity (Wildman–Crippen MR) is 79.3 cm³/mol. The lowest BCUT2D eigenvalue weighted by Crippen LogP contribution is -2.18. The van der Waals surface area contributed by atoms with Crippen LogP contribution in [-0.2, 0) is 23.2 Å². The highest BCUT2D eigenvalue weighted by Gasteiger charge is 2.17. The predicted octanol–water partition coefficient (Wildman–Crippen LogP) is 2.69. The van der Waals surface area contributed by atoms with Crippen molar-refractivity contribution in [3.05, 3.63) is 23.8 Å². The molecule has 1 aromatic carbocycles. The van der Waals surface area contributed by atoms with E-state index in [9.17, 15) is 8.60 Å². The van der Waals surface area contributed by atoms with E-state index in [1.807, 2.05) is 11.5 Å². The molecular formula is C13H16ClFN2O2S. The molecule has 0 fully saturated rings. The SMILES string of the molecule is COc1cc2c(cc1F)nc(CCl)n2CC(C)S(C)=O. The first-order valence-electron chi connectivity index (χ1n) is 6.08. The molecule has 2 aromatic rings. The normalized spacial score (nSPS) is 14.4. The average Bonchev–Trinajstić information content (AvgIpc) is 2.74. The third kappa shape index (κ3) is 2.81. The summed E-state index contributed by atoms with van der Waals surface area (Å²) < 4.78 is 32.1. The van der Waals surface area contributed by atoms with Gasteiger partial charge in [0.15, 0.2) is 11.6 Å². The second kappa shape index (κ2) is 6.10. The van der Waals surface area contributed by atoms with E-state index < -0.39 is 16.6 Å². The van der Waals surface area contributed by atoms with Gasteiger partial charge < -0.3 is 9.30 Å². The van der Waals surface area contributed by atoms with E-state index >= 15 is 0 Å². The summed E-state index contributed by atoms with van der Waals surface area (Å²) in [6.07, 6.45) is 1.66. The Morgan fingerprint density at radius 2 is 2.25 bits per heavy atom. The van der Waals surface area contributed by atoms with E-state index in [4.69, 9.17) is 16.3 Å². The van der Waals surface area contributed by atoms with Crippen molar-refractivity contribution in [2.45, 2.75) is 24.6 Å². The number of ether oxygens (including phenoxy) is 1. The highest BCUT2D eigenvalue weighted by Crippen LogP contribution is 2.26. The van der Waals surface area contributed by atoms with Gasteiger partial charge in [0, 0.05) is 41.0 Å². The smallest absolute Gasteiger partial charge is 0.167 e. The summed E-state index contributed by atoms with van der Waals surface area (Å²) in [6.45, 7) is 2.40. The number of nitrogens with zero attached hydrogens (tertiary/aromatic N) is 2. The van der Waals surface area contributed by atoms with Crippen LogP contribution in [0.15, 0.2) is 12.1 Å². The topological polar surface area (TPSA) is 44.1 Å². The van der Waals surface area contributed by atoms with Crippen LogP contribution in [0.3, 0.4) is 0 Å². The molecule has 0 amide bonds. The van der Waals surface area contributed by atoms with Crippen molar-refractivity contribution < 1.29 is 13.3 Å². The summed E-state index contributed by atoms with van der Waals surface area (Å²) in [5, 5.41) is -0.0505. The van der Waals surface area contributed by atoms with Crippen molar-refractivity contribution >= 4 is 33.4 Å². The minimum absolute atomic E-state index is 0.0505. The van der Waals surface area contributed by atoms with Crippen LogP contribution in [0.2, 0.25) is 0 Å². The molecule has 110 valence electrons. The second-order valence-corrected chi connectivity index (χ2v) is 6.63. The van der Waals surface area contributed by atoms with Gasteiger partial charge in [-0.1, -0.05) is 0 Å². The summed E-state index contributed by atoms with van der Waals surface area (Å²) in [5.74, 6) is 0.538. The van der Waals surface area contributed by atoms with Gasteiger partial charge in [-0.3, -0.25) is 4.21 Å². The molecule has 1 aromatic heterocycles. The van der Waals surface area contributed by atoms with Gasteiger partial charge in [-0.15, -0.1) is 11.6 Å². The Morgan fingerprint density at radius 3 is 2.80 bits per heavy atom. The molecule has 0 saturated heterocycles. The second-order valence-electron chi connectivity index (χ2n) is 4.56. The molecule has 0 aliphatic carbocycles. The average molecular weight is 319 g/mol. The fourth-order valence-electron chi connectivity index (χ4n) is 2.00. The Morgan fingerprint density at radius 1 is 1.55 bits per heavy atom. The molecular weight excluding hydrogens is 303 g/mol. The van der Waals surface area contributed by atoms with Crippen molar-refractivity contribution in [2.24, 2.45) is 0 Å². The Kier molecular flexibility index (Phi) is 4.65. The Hall–Kier alpha value is -1.14. The number of hydrogen-bond donors (Lipinski definition) is 0. The zero-order chi connectivity index (χ0) is 14.9. The molecule has 2 unspecified atom stereocenters. The van der Waals surface area contributed by atoms with Gasteiger partial charge in [0.25, 0.3) is 0 Å². The highest BCUT2D eigenvalue weighted by molar-refractivity contribution is 7.84. The van der Waals surface area contributed by atoms with Gasteiger partial charge in [-0.05, 0) is 6.92 Å². The number of alkyl halides is 1. The van der Waals surface area contributed by atoms with Crippen LogP contribution in [0.4, 0.5) is 4.39 Å². The molecule has 0 radical (unpaired) electrons. The summed E-state index contributed by atoms with van der Waals surface area (Å²) in [6, 6.07) is 2.92. The monoisotopic (exact) mass is 318 g/mol. The van der Waals surface area contributed by atoms with E-state index in [1.54, 1.807) is 12.3 Å². The third-order valence-corrected chi connectivity index (χ3v) is 4.75. The quantitative estimate of drug-likeness (QED) is 0.796. The summed E-state index contributed by atoms with van der Waals surface area (Å²) in [4.78, 5) is 4.32. The van der Waals surface area contributed by atoms with Gasteiger partial charge in [-0.2, -0.15) is 0 Å². The molecule has 7 heteroatoms. The first kappa shape index (κ1) is 15.3. The molecule has 1 heterocycles. The van der Waals surface area contributed by atoms with Crippen LogP contribution in [0.25, 0.3) is 11.0 Å². The van der Waals surface area contributed by atoms with E-state index in [1.165, 1.54) is 13.2 Å². The van der Waals surface area contributed by atoms with Crippen molar-refractivity contribution in [3.63, 3.8) is 0 Å². The molecule has 2 atom stereocenters. The van der Waals surface area contributed by atoms with Crippen molar-refractivity contribution in [3.8, 4) is 5.75 Å². The molecule has 2 rings (SSSR count). The van der Waals surface area contributed by atoms with Crippen LogP contribution < -0.4 is 4.74 Å². The molecule has 4 nitrogen and oxygen atoms in total. The van der Waals surface area contributed by atoms with Gasteiger partial charge in [0.05, 0.1) is 24.0 Å². The van der Waals surface area contributed by atoms with Crippen LogP contribution >= 0.6 is 11.6 Å². The Labute approximate surface area is 124 Å². The van der Waals surface area contributed by atoms with Crippen LogP contribution in [-0.4, -0.2) is 32.4 Å². The fraction of sp³-hybridized carbons (Fsp3) is 0.462. The van der Waals surface area contributed by atoms with E-state index in [-0.39, 0.29) is 16.9 Å². The van der Waals surface area contributed by atoms with Gasteiger partial charge in [0.1, 0.15) is 5.82 Å². The maximum absolute atomic E-state index is 13.7. The molecule has 0 spiro atoms. The molecule has 0 saturated carbocycles. The minimum atomic E-state index is -0.957. The first-order valence-corrected chi connectivity index (χ1v) is 8.24. The van der Waals surface area contributed by atoms with Crippen LogP contribution in [0, 0.1) is 5.82 Å². The summed E-state index contributed by atoms with van der Waals surface area (Å²) >= 11 is 5.90. The van der Waals surface area contributed by atoms with Crippen molar-refractivity contribution in [2.75, 3.05) is 13.4 Å². The number of fused-ring (bicyclic) bond motifs is 1. The minimum Gasteiger partial charge on any atom is -0.494 e. The molecule has 20 heavy (non-hydrogen) atoms. The number of benzene rings is 1.